The number of aryl methyl sites for hydroxylation is 1. The van der Waals surface area contributed by atoms with Crippen molar-refractivity contribution in [2.75, 3.05) is 5.32 Å². The Morgan fingerprint density at radius 1 is 1.19 bits per heavy atom. The summed E-state index contributed by atoms with van der Waals surface area (Å²) in [4.78, 5) is 0.0628. The van der Waals surface area contributed by atoms with Crippen LogP contribution in [0.5, 0.6) is 0 Å². The Hall–Kier alpha value is -1.27. The highest BCUT2D eigenvalue weighted by Gasteiger charge is 2.10. The van der Waals surface area contributed by atoms with Gasteiger partial charge in [0.05, 0.1) is 14.9 Å². The summed E-state index contributed by atoms with van der Waals surface area (Å²) in [6.07, 6.45) is 0. The monoisotopic (exact) mass is 344 g/mol. The number of primary sulfonamides is 1. The van der Waals surface area contributed by atoms with Crippen LogP contribution >= 0.6 is 23.2 Å². The Morgan fingerprint density at radius 3 is 2.57 bits per heavy atom. The predicted octanol–water partition coefficient (Wildman–Crippen LogP) is 3.56. The minimum Gasteiger partial charge on any atom is -0.381 e. The summed E-state index contributed by atoms with van der Waals surface area (Å²) in [6.45, 7) is 2.29. The van der Waals surface area contributed by atoms with E-state index in [4.69, 9.17) is 28.3 Å². The third kappa shape index (κ3) is 3.89. The van der Waals surface area contributed by atoms with E-state index in [0.29, 0.717) is 22.3 Å². The molecular weight excluding hydrogens is 331 g/mol. The molecule has 0 saturated heterocycles. The van der Waals surface area contributed by atoms with E-state index in [-0.39, 0.29) is 4.90 Å². The number of rotatable bonds is 4. The average Bonchev–Trinajstić information content (AvgIpc) is 2.40. The minimum absolute atomic E-state index is 0.0628. The fourth-order valence-corrected chi connectivity index (χ4v) is 2.77. The van der Waals surface area contributed by atoms with Gasteiger partial charge in [-0.15, -0.1) is 0 Å². The van der Waals surface area contributed by atoms with E-state index < -0.39 is 10.0 Å². The minimum atomic E-state index is -3.73. The normalized spacial score (nSPS) is 11.4. The number of hydrogen-bond donors (Lipinski definition) is 2. The van der Waals surface area contributed by atoms with Crippen LogP contribution in [-0.2, 0) is 16.6 Å². The molecular formula is C14H14Cl2N2O2S. The Balaban J connectivity index is 2.26. The van der Waals surface area contributed by atoms with Crippen molar-refractivity contribution >= 4 is 38.9 Å². The van der Waals surface area contributed by atoms with Crippen molar-refractivity contribution in [2.45, 2.75) is 18.4 Å². The van der Waals surface area contributed by atoms with E-state index >= 15 is 0 Å². The summed E-state index contributed by atoms with van der Waals surface area (Å²) < 4.78 is 22.8. The lowest BCUT2D eigenvalue weighted by Gasteiger charge is -2.12. The molecule has 0 aliphatic heterocycles. The zero-order chi connectivity index (χ0) is 15.6. The Bertz CT molecular complexity index is 777. The van der Waals surface area contributed by atoms with Gasteiger partial charge in [-0.2, -0.15) is 0 Å². The Morgan fingerprint density at radius 2 is 1.90 bits per heavy atom. The number of hydrogen-bond acceptors (Lipinski definition) is 3. The van der Waals surface area contributed by atoms with Gasteiger partial charge in [-0.05, 0) is 36.2 Å². The third-order valence-corrected chi connectivity index (χ3v) is 4.81. The molecule has 4 nitrogen and oxygen atoms in total. The van der Waals surface area contributed by atoms with Gasteiger partial charge in [0.1, 0.15) is 0 Å². The van der Waals surface area contributed by atoms with E-state index in [1.54, 1.807) is 18.2 Å². The molecule has 0 radical (unpaired) electrons. The Labute approximate surface area is 133 Å². The first kappa shape index (κ1) is 16.1. The molecule has 7 heteroatoms. The van der Waals surface area contributed by atoms with Crippen LogP contribution < -0.4 is 10.5 Å². The van der Waals surface area contributed by atoms with E-state index in [9.17, 15) is 8.42 Å². The van der Waals surface area contributed by atoms with Crippen molar-refractivity contribution in [1.82, 2.24) is 0 Å². The van der Waals surface area contributed by atoms with Crippen molar-refractivity contribution in [3.05, 3.63) is 57.6 Å². The van der Waals surface area contributed by atoms with Crippen LogP contribution in [0.3, 0.4) is 0 Å². The quantitative estimate of drug-likeness (QED) is 0.890. The molecule has 21 heavy (non-hydrogen) atoms. The topological polar surface area (TPSA) is 72.2 Å². The van der Waals surface area contributed by atoms with Crippen molar-refractivity contribution in [3.8, 4) is 0 Å². The van der Waals surface area contributed by atoms with Gasteiger partial charge >= 0.3 is 0 Å². The maximum atomic E-state index is 11.4. The summed E-state index contributed by atoms with van der Waals surface area (Å²) in [5.74, 6) is 0. The molecule has 0 unspecified atom stereocenters. The zero-order valence-corrected chi connectivity index (χ0v) is 13.6. The SMILES string of the molecule is Cc1ccc(S(N)(=O)=O)cc1NCc1cccc(Cl)c1Cl. The van der Waals surface area contributed by atoms with Crippen molar-refractivity contribution in [3.63, 3.8) is 0 Å². The molecule has 0 fully saturated rings. The van der Waals surface area contributed by atoms with Gasteiger partial charge in [0.15, 0.2) is 0 Å². The van der Waals surface area contributed by atoms with Crippen LogP contribution in [0.4, 0.5) is 5.69 Å². The molecule has 0 aliphatic rings. The highest BCUT2D eigenvalue weighted by Crippen LogP contribution is 2.27. The highest BCUT2D eigenvalue weighted by atomic mass is 35.5. The van der Waals surface area contributed by atoms with E-state index in [0.717, 1.165) is 11.1 Å². The van der Waals surface area contributed by atoms with Crippen LogP contribution in [0.2, 0.25) is 10.0 Å². The van der Waals surface area contributed by atoms with E-state index in [1.165, 1.54) is 12.1 Å². The predicted molar refractivity (Wildman–Crippen MR) is 86.3 cm³/mol. The summed E-state index contributed by atoms with van der Waals surface area (Å²) in [6, 6.07) is 10.0. The first-order valence-corrected chi connectivity index (χ1v) is 8.39. The maximum Gasteiger partial charge on any atom is 0.238 e. The first-order valence-electron chi connectivity index (χ1n) is 6.09. The number of sulfonamides is 1. The molecule has 112 valence electrons. The molecule has 0 heterocycles. The summed E-state index contributed by atoms with van der Waals surface area (Å²) in [5, 5.41) is 9.24. The second-order valence-electron chi connectivity index (χ2n) is 4.59. The second kappa shape index (κ2) is 6.23. The molecule has 2 rings (SSSR count). The van der Waals surface area contributed by atoms with Gasteiger partial charge in [0.2, 0.25) is 10.0 Å². The lowest BCUT2D eigenvalue weighted by atomic mass is 10.1. The number of anilines is 1. The van der Waals surface area contributed by atoms with E-state index in [2.05, 4.69) is 5.32 Å². The Kier molecular flexibility index (Phi) is 4.78. The number of benzene rings is 2. The summed E-state index contributed by atoms with van der Waals surface area (Å²) >= 11 is 12.1. The molecule has 0 aliphatic carbocycles. The maximum absolute atomic E-state index is 11.4. The van der Waals surface area contributed by atoms with Gasteiger partial charge in [-0.3, -0.25) is 0 Å². The standard InChI is InChI=1S/C14H14Cl2N2O2S/c1-9-5-6-11(21(17,19)20)7-13(9)18-8-10-3-2-4-12(15)14(10)16/h2-7,18H,8H2,1H3,(H2,17,19,20). The molecule has 3 N–H and O–H groups in total. The van der Waals surface area contributed by atoms with Crippen molar-refractivity contribution in [1.29, 1.82) is 0 Å². The lowest BCUT2D eigenvalue weighted by molar-refractivity contribution is 0.598. The van der Waals surface area contributed by atoms with Gasteiger partial charge in [0.25, 0.3) is 0 Å². The van der Waals surface area contributed by atoms with Crippen molar-refractivity contribution in [2.24, 2.45) is 5.14 Å². The van der Waals surface area contributed by atoms with Gasteiger partial charge < -0.3 is 5.32 Å². The molecule has 2 aromatic carbocycles. The lowest BCUT2D eigenvalue weighted by Crippen LogP contribution is -2.13. The largest absolute Gasteiger partial charge is 0.381 e. The molecule has 0 atom stereocenters. The number of nitrogens with one attached hydrogen (secondary N) is 1. The summed E-state index contributed by atoms with van der Waals surface area (Å²) in [7, 11) is -3.73. The molecule has 0 amide bonds. The molecule has 0 saturated carbocycles. The van der Waals surface area contributed by atoms with Crippen LogP contribution in [0.25, 0.3) is 0 Å². The van der Waals surface area contributed by atoms with Crippen LogP contribution in [0.1, 0.15) is 11.1 Å². The highest BCUT2D eigenvalue weighted by molar-refractivity contribution is 7.89. The van der Waals surface area contributed by atoms with E-state index in [1.807, 2.05) is 13.0 Å². The third-order valence-electron chi connectivity index (χ3n) is 3.04. The number of halogens is 2. The average molecular weight is 345 g/mol. The smallest absolute Gasteiger partial charge is 0.238 e. The fourth-order valence-electron chi connectivity index (χ4n) is 1.84. The van der Waals surface area contributed by atoms with Crippen LogP contribution in [-0.4, -0.2) is 8.42 Å². The zero-order valence-electron chi connectivity index (χ0n) is 11.2. The molecule has 0 bridgehead atoms. The van der Waals surface area contributed by atoms with Crippen LogP contribution in [0.15, 0.2) is 41.3 Å². The molecule has 0 spiro atoms. The first-order chi connectivity index (χ1) is 9.79. The second-order valence-corrected chi connectivity index (χ2v) is 6.93. The van der Waals surface area contributed by atoms with Gasteiger partial charge in [-0.25, -0.2) is 13.6 Å². The molecule has 0 aromatic heterocycles. The molecule has 2 aromatic rings. The summed E-state index contributed by atoms with van der Waals surface area (Å²) in [5.41, 5.74) is 2.41. The van der Waals surface area contributed by atoms with Gasteiger partial charge in [-0.1, -0.05) is 41.4 Å². The van der Waals surface area contributed by atoms with Crippen LogP contribution in [0, 0.1) is 6.92 Å². The van der Waals surface area contributed by atoms with Gasteiger partial charge in [0, 0.05) is 12.2 Å². The fraction of sp³-hybridized carbons (Fsp3) is 0.143. The number of nitrogens with two attached hydrogens (primary N) is 1. The van der Waals surface area contributed by atoms with Crippen molar-refractivity contribution < 1.29 is 8.42 Å².